The quantitative estimate of drug-likeness (QED) is 0.124. The first-order chi connectivity index (χ1) is 17.2. The lowest BCUT2D eigenvalue weighted by molar-refractivity contribution is 0.651. The molecule has 6 heteroatoms. The normalized spacial score (nSPS) is 15.5. The highest BCUT2D eigenvalue weighted by Crippen LogP contribution is 2.36. The predicted octanol–water partition coefficient (Wildman–Crippen LogP) is 7.09. The molecule has 1 aliphatic rings. The Balaban J connectivity index is 1.51. The lowest BCUT2D eigenvalue weighted by Crippen LogP contribution is -2.06. The molecule has 182 valence electrons. The predicted molar refractivity (Wildman–Crippen MR) is 154 cm³/mol. The second-order valence-electron chi connectivity index (χ2n) is 8.82. The van der Waals surface area contributed by atoms with Crippen molar-refractivity contribution in [2.45, 2.75) is 52.4 Å². The Hall–Kier alpha value is -2.70. The van der Waals surface area contributed by atoms with Crippen LogP contribution in [0.3, 0.4) is 0 Å². The summed E-state index contributed by atoms with van der Waals surface area (Å²) in [5.41, 5.74) is 12.2. The van der Waals surface area contributed by atoms with E-state index < -0.39 is 0 Å². The Morgan fingerprint density at radius 1 is 1.20 bits per heavy atom. The molecule has 4 rings (SSSR count). The lowest BCUT2D eigenvalue weighted by atomic mass is 9.95. The van der Waals surface area contributed by atoms with E-state index in [2.05, 4.69) is 78.3 Å². The maximum atomic E-state index is 4.93. The van der Waals surface area contributed by atoms with Crippen molar-refractivity contribution >= 4 is 36.2 Å². The first kappa shape index (κ1) is 25.4. The largest absolute Gasteiger partial charge is 0.268 e. The summed E-state index contributed by atoms with van der Waals surface area (Å²) in [4.78, 5) is 9.63. The molecule has 2 aromatic carbocycles. The van der Waals surface area contributed by atoms with Gasteiger partial charge in [-0.25, -0.2) is 9.98 Å². The molecule has 1 heterocycles. The first-order valence-corrected chi connectivity index (χ1v) is 14.3. The van der Waals surface area contributed by atoms with Gasteiger partial charge in [0.05, 0.1) is 11.4 Å². The van der Waals surface area contributed by atoms with E-state index in [0.29, 0.717) is 5.92 Å². The van der Waals surface area contributed by atoms with Crippen molar-refractivity contribution in [2.75, 3.05) is 5.75 Å². The third kappa shape index (κ3) is 6.71. The molecule has 0 amide bonds. The van der Waals surface area contributed by atoms with Crippen molar-refractivity contribution in [3.8, 4) is 10.6 Å². The number of hydrazone groups is 1. The smallest absolute Gasteiger partial charge is 0.123 e. The van der Waals surface area contributed by atoms with E-state index in [-0.39, 0.29) is 0 Å². The van der Waals surface area contributed by atoms with Gasteiger partial charge in [0, 0.05) is 23.6 Å². The highest BCUT2D eigenvalue weighted by Gasteiger charge is 2.27. The summed E-state index contributed by atoms with van der Waals surface area (Å²) in [6.07, 6.45) is 7.94. The minimum atomic E-state index is 0.395. The van der Waals surface area contributed by atoms with Crippen LogP contribution in [0.1, 0.15) is 48.2 Å². The summed E-state index contributed by atoms with van der Waals surface area (Å²) in [7, 11) is 0. The molecular formula is C29H34N4S2. The standard InChI is InChI=1S/C29H34N4S2/c1-4-13-34-19-28(31-20-32-30-3)25-16-24-15-21(5-2)14-23(27(24)17-25)11-12-26-18-35-29(33-26)22-9-7-6-8-10-22/h6-10,14-15,18-20,25H,3-5,11-13,16-17H2,1-2H3,(H,31,32)/b28-19-. The number of rotatable bonds is 12. The molecule has 0 fully saturated rings. The second-order valence-corrected chi connectivity index (χ2v) is 10.7. The number of aryl methyl sites for hydroxylation is 3. The fraction of sp³-hybridized carbons (Fsp3) is 0.345. The van der Waals surface area contributed by atoms with Crippen LogP contribution in [0.4, 0.5) is 0 Å². The summed E-state index contributed by atoms with van der Waals surface area (Å²) in [6, 6.07) is 15.3. The van der Waals surface area contributed by atoms with Crippen LogP contribution in [0.25, 0.3) is 10.6 Å². The Labute approximate surface area is 217 Å². The second kappa shape index (κ2) is 12.8. The third-order valence-electron chi connectivity index (χ3n) is 6.35. The maximum absolute atomic E-state index is 4.93. The van der Waals surface area contributed by atoms with E-state index in [0.717, 1.165) is 55.0 Å². The number of nitrogens with one attached hydrogen (secondary N) is 1. The topological polar surface area (TPSA) is 49.6 Å². The Kier molecular flexibility index (Phi) is 9.32. The van der Waals surface area contributed by atoms with E-state index in [1.54, 1.807) is 17.7 Å². The molecular weight excluding hydrogens is 468 g/mol. The molecule has 1 unspecified atom stereocenters. The van der Waals surface area contributed by atoms with Gasteiger partial charge in [-0.15, -0.1) is 23.1 Å². The van der Waals surface area contributed by atoms with Gasteiger partial charge in [0.1, 0.15) is 11.3 Å². The number of aliphatic imine (C=N–C) groups is 1. The summed E-state index contributed by atoms with van der Waals surface area (Å²) in [6.45, 7) is 7.93. The summed E-state index contributed by atoms with van der Waals surface area (Å²) in [5.74, 6) is 1.50. The molecule has 0 bridgehead atoms. The van der Waals surface area contributed by atoms with Crippen molar-refractivity contribution in [1.82, 2.24) is 10.4 Å². The van der Waals surface area contributed by atoms with E-state index in [4.69, 9.17) is 9.98 Å². The van der Waals surface area contributed by atoms with Crippen LogP contribution in [-0.4, -0.2) is 23.8 Å². The van der Waals surface area contributed by atoms with Gasteiger partial charge in [0.15, 0.2) is 0 Å². The number of fused-ring (bicyclic) bond motifs is 1. The Morgan fingerprint density at radius 3 is 2.83 bits per heavy atom. The maximum Gasteiger partial charge on any atom is 0.123 e. The summed E-state index contributed by atoms with van der Waals surface area (Å²) in [5, 5.41) is 9.25. The highest BCUT2D eigenvalue weighted by atomic mass is 32.2. The molecule has 1 aromatic heterocycles. The van der Waals surface area contributed by atoms with Gasteiger partial charge in [0.2, 0.25) is 0 Å². The van der Waals surface area contributed by atoms with E-state index in [9.17, 15) is 0 Å². The molecule has 0 saturated heterocycles. The van der Waals surface area contributed by atoms with Crippen molar-refractivity contribution in [3.05, 3.63) is 86.9 Å². The molecule has 1 aliphatic carbocycles. The van der Waals surface area contributed by atoms with Crippen LogP contribution >= 0.6 is 23.1 Å². The van der Waals surface area contributed by atoms with Crippen molar-refractivity contribution in [1.29, 1.82) is 0 Å². The van der Waals surface area contributed by atoms with Gasteiger partial charge >= 0.3 is 0 Å². The van der Waals surface area contributed by atoms with Crippen molar-refractivity contribution in [3.63, 3.8) is 0 Å². The van der Waals surface area contributed by atoms with Gasteiger partial charge in [-0.05, 0) is 71.9 Å². The molecule has 35 heavy (non-hydrogen) atoms. The monoisotopic (exact) mass is 502 g/mol. The summed E-state index contributed by atoms with van der Waals surface area (Å²) >= 11 is 3.59. The van der Waals surface area contributed by atoms with Crippen LogP contribution in [-0.2, 0) is 32.1 Å². The van der Waals surface area contributed by atoms with Gasteiger partial charge in [-0.2, -0.15) is 5.10 Å². The van der Waals surface area contributed by atoms with Crippen molar-refractivity contribution in [2.24, 2.45) is 16.0 Å². The van der Waals surface area contributed by atoms with E-state index in [1.165, 1.54) is 33.5 Å². The molecule has 3 aromatic rings. The van der Waals surface area contributed by atoms with E-state index >= 15 is 0 Å². The minimum Gasteiger partial charge on any atom is -0.268 e. The van der Waals surface area contributed by atoms with Gasteiger partial charge < -0.3 is 0 Å². The zero-order chi connectivity index (χ0) is 24.5. The molecule has 0 saturated carbocycles. The number of benzene rings is 2. The number of hydrogen-bond donors (Lipinski definition) is 1. The summed E-state index contributed by atoms with van der Waals surface area (Å²) < 4.78 is 0. The van der Waals surface area contributed by atoms with E-state index in [1.807, 2.05) is 17.8 Å². The fourth-order valence-electron chi connectivity index (χ4n) is 4.57. The molecule has 0 aliphatic heterocycles. The molecule has 1 N–H and O–H groups in total. The molecule has 0 spiro atoms. The first-order valence-electron chi connectivity index (χ1n) is 12.4. The lowest BCUT2D eigenvalue weighted by Gasteiger charge is -2.11. The zero-order valence-corrected chi connectivity index (χ0v) is 22.3. The minimum absolute atomic E-state index is 0.395. The van der Waals surface area contributed by atoms with Crippen molar-refractivity contribution < 1.29 is 0 Å². The van der Waals surface area contributed by atoms with Gasteiger partial charge in [-0.3, -0.25) is 5.43 Å². The average molecular weight is 503 g/mol. The Bertz CT molecular complexity index is 1180. The average Bonchev–Trinajstić information content (AvgIpc) is 3.54. The number of hydrogen-bond acceptors (Lipinski definition) is 5. The molecule has 1 atom stereocenters. The molecule has 0 radical (unpaired) electrons. The Morgan fingerprint density at radius 2 is 2.06 bits per heavy atom. The number of thioether (sulfide) groups is 1. The number of aromatic nitrogens is 1. The SMILES string of the molecule is C=NN/C=N\C(=C/SCCC)C1Cc2cc(CC)cc(CCc3csc(-c4ccccc4)n3)c2C1. The third-order valence-corrected chi connectivity index (χ3v) is 8.34. The van der Waals surface area contributed by atoms with Gasteiger partial charge in [0.25, 0.3) is 0 Å². The van der Waals surface area contributed by atoms with Crippen LogP contribution < -0.4 is 5.43 Å². The van der Waals surface area contributed by atoms with Gasteiger partial charge in [-0.1, -0.05) is 56.3 Å². The van der Waals surface area contributed by atoms with Crippen LogP contribution in [0.5, 0.6) is 0 Å². The highest BCUT2D eigenvalue weighted by molar-refractivity contribution is 8.02. The number of allylic oxidation sites excluding steroid dienone is 1. The fourth-order valence-corrected chi connectivity index (χ4v) is 6.21. The molecule has 4 nitrogen and oxygen atoms in total. The van der Waals surface area contributed by atoms with Crippen LogP contribution in [0, 0.1) is 5.92 Å². The van der Waals surface area contributed by atoms with Crippen LogP contribution in [0.15, 0.2) is 69.0 Å². The number of thiazole rings is 1. The van der Waals surface area contributed by atoms with Crippen LogP contribution in [0.2, 0.25) is 0 Å². The number of nitrogens with zero attached hydrogens (tertiary/aromatic N) is 3. The zero-order valence-electron chi connectivity index (χ0n) is 20.7.